The second-order valence-electron chi connectivity index (χ2n) is 5.70. The molecule has 0 unspecified atom stereocenters. The van der Waals surface area contributed by atoms with Crippen LogP contribution in [0.1, 0.15) is 24.0 Å². The summed E-state index contributed by atoms with van der Waals surface area (Å²) in [6.45, 7) is 4.82. The number of rotatable bonds is 1. The van der Waals surface area contributed by atoms with Crippen LogP contribution in [0.25, 0.3) is 0 Å². The molecule has 2 nitrogen and oxygen atoms in total. The Morgan fingerprint density at radius 1 is 1.19 bits per heavy atom. The molecule has 0 amide bonds. The van der Waals surface area contributed by atoms with E-state index >= 15 is 0 Å². The summed E-state index contributed by atoms with van der Waals surface area (Å²) in [6, 6.07) is 6.84. The zero-order valence-corrected chi connectivity index (χ0v) is 9.63. The molecule has 0 radical (unpaired) electrons. The van der Waals surface area contributed by atoms with E-state index in [4.69, 9.17) is 0 Å². The fraction of sp³-hybridized carbons (Fsp3) is 0.571. The van der Waals surface area contributed by atoms with Crippen LogP contribution in [0.4, 0.5) is 5.69 Å². The molecule has 1 aromatic carbocycles. The molecule has 1 aliphatic carbocycles. The van der Waals surface area contributed by atoms with Gasteiger partial charge < -0.3 is 10.2 Å². The number of benzene rings is 1. The molecule has 1 aromatic rings. The third-order valence-corrected chi connectivity index (χ3v) is 4.47. The summed E-state index contributed by atoms with van der Waals surface area (Å²) in [5.41, 5.74) is 5.38. The second-order valence-corrected chi connectivity index (χ2v) is 5.70. The van der Waals surface area contributed by atoms with Crippen LogP contribution in [0.5, 0.6) is 0 Å². The Morgan fingerprint density at radius 3 is 2.88 bits per heavy atom. The van der Waals surface area contributed by atoms with Crippen molar-refractivity contribution in [3.05, 3.63) is 29.3 Å². The van der Waals surface area contributed by atoms with Crippen molar-refractivity contribution in [2.75, 3.05) is 24.5 Å². The molecule has 4 rings (SSSR count). The normalized spacial score (nSPS) is 25.1. The fourth-order valence-electron chi connectivity index (χ4n) is 3.22. The van der Waals surface area contributed by atoms with Crippen LogP contribution in [0.2, 0.25) is 0 Å². The van der Waals surface area contributed by atoms with E-state index in [0.717, 1.165) is 18.5 Å². The van der Waals surface area contributed by atoms with Gasteiger partial charge in [-0.25, -0.2) is 0 Å². The summed E-state index contributed by atoms with van der Waals surface area (Å²) in [4.78, 5) is 2.58. The van der Waals surface area contributed by atoms with Gasteiger partial charge in [0.25, 0.3) is 0 Å². The molecule has 2 aliphatic heterocycles. The summed E-state index contributed by atoms with van der Waals surface area (Å²) in [5, 5.41) is 3.49. The van der Waals surface area contributed by atoms with Crippen molar-refractivity contribution < 1.29 is 0 Å². The van der Waals surface area contributed by atoms with Crippen molar-refractivity contribution in [2.45, 2.75) is 25.8 Å². The Bertz CT molecular complexity index is 426. The van der Waals surface area contributed by atoms with Crippen LogP contribution in [0.3, 0.4) is 0 Å². The number of fused-ring (bicyclic) bond motifs is 1. The smallest absolute Gasteiger partial charge is 0.0415 e. The minimum Gasteiger partial charge on any atom is -0.370 e. The highest BCUT2D eigenvalue weighted by atomic mass is 15.2. The molecule has 1 spiro atoms. The zero-order valence-electron chi connectivity index (χ0n) is 9.63. The lowest BCUT2D eigenvalue weighted by Crippen LogP contribution is -2.49. The van der Waals surface area contributed by atoms with E-state index in [1.165, 1.54) is 38.0 Å². The van der Waals surface area contributed by atoms with Gasteiger partial charge in [-0.05, 0) is 43.0 Å². The molecule has 1 saturated carbocycles. The van der Waals surface area contributed by atoms with Gasteiger partial charge in [0.05, 0.1) is 0 Å². The van der Waals surface area contributed by atoms with Crippen LogP contribution in [-0.4, -0.2) is 19.6 Å². The highest BCUT2D eigenvalue weighted by Gasteiger charge is 2.52. The van der Waals surface area contributed by atoms with Crippen molar-refractivity contribution in [2.24, 2.45) is 5.41 Å². The number of anilines is 1. The fourth-order valence-corrected chi connectivity index (χ4v) is 3.22. The van der Waals surface area contributed by atoms with Gasteiger partial charge in [-0.15, -0.1) is 0 Å². The third kappa shape index (κ3) is 1.23. The van der Waals surface area contributed by atoms with E-state index in [9.17, 15) is 0 Å². The molecule has 2 heteroatoms. The highest BCUT2D eigenvalue weighted by molar-refractivity contribution is 5.60. The monoisotopic (exact) mass is 214 g/mol. The lowest BCUT2D eigenvalue weighted by molar-refractivity contribution is 0.386. The van der Waals surface area contributed by atoms with Crippen molar-refractivity contribution in [1.29, 1.82) is 0 Å². The first-order chi connectivity index (χ1) is 7.86. The van der Waals surface area contributed by atoms with Gasteiger partial charge in [0.1, 0.15) is 0 Å². The molecule has 3 aliphatic rings. The predicted molar refractivity (Wildman–Crippen MR) is 65.7 cm³/mol. The van der Waals surface area contributed by atoms with E-state index < -0.39 is 0 Å². The molecule has 0 atom stereocenters. The van der Waals surface area contributed by atoms with Crippen molar-refractivity contribution in [1.82, 2.24) is 5.32 Å². The van der Waals surface area contributed by atoms with Gasteiger partial charge in [0.15, 0.2) is 0 Å². The molecule has 1 saturated heterocycles. The first kappa shape index (κ1) is 9.06. The van der Waals surface area contributed by atoms with Crippen LogP contribution < -0.4 is 10.2 Å². The Balaban J connectivity index is 1.67. The van der Waals surface area contributed by atoms with Gasteiger partial charge >= 0.3 is 0 Å². The number of nitrogens with one attached hydrogen (secondary N) is 1. The van der Waals surface area contributed by atoms with E-state index in [-0.39, 0.29) is 0 Å². The quantitative estimate of drug-likeness (QED) is 0.768. The summed E-state index contributed by atoms with van der Waals surface area (Å²) >= 11 is 0. The molecule has 1 N–H and O–H groups in total. The minimum atomic E-state index is 0.755. The standard InChI is InChI=1S/C14H18N2/c1-2-11-4-7-15-8-12(11)13(3-1)16-9-14(10-16)5-6-14/h1-3,15H,4-10H2. The molecule has 84 valence electrons. The zero-order chi connectivity index (χ0) is 10.6. The maximum Gasteiger partial charge on any atom is 0.0415 e. The summed E-state index contributed by atoms with van der Waals surface area (Å²) in [6.07, 6.45) is 4.13. The molecule has 0 aromatic heterocycles. The van der Waals surface area contributed by atoms with E-state index in [1.807, 2.05) is 0 Å². The van der Waals surface area contributed by atoms with Gasteiger partial charge in [-0.2, -0.15) is 0 Å². The summed E-state index contributed by atoms with van der Waals surface area (Å²) in [7, 11) is 0. The Hall–Kier alpha value is -1.02. The number of hydrogen-bond donors (Lipinski definition) is 1. The first-order valence-corrected chi connectivity index (χ1v) is 6.43. The summed E-state index contributed by atoms with van der Waals surface area (Å²) < 4.78 is 0. The number of nitrogens with zero attached hydrogens (tertiary/aromatic N) is 1. The van der Waals surface area contributed by atoms with Gasteiger partial charge in [-0.1, -0.05) is 12.1 Å². The van der Waals surface area contributed by atoms with Crippen molar-refractivity contribution >= 4 is 5.69 Å². The summed E-state index contributed by atoms with van der Waals surface area (Å²) in [5.74, 6) is 0. The Morgan fingerprint density at radius 2 is 2.06 bits per heavy atom. The molecule has 16 heavy (non-hydrogen) atoms. The molecular formula is C14H18N2. The topological polar surface area (TPSA) is 15.3 Å². The second kappa shape index (κ2) is 3.01. The Kier molecular flexibility index (Phi) is 1.70. The van der Waals surface area contributed by atoms with E-state index in [2.05, 4.69) is 28.4 Å². The lowest BCUT2D eigenvalue weighted by Gasteiger charge is -2.43. The molecule has 2 fully saturated rings. The van der Waals surface area contributed by atoms with Crippen LogP contribution >= 0.6 is 0 Å². The SMILES string of the molecule is c1cc2c(c(N3CC4(CC4)C3)c1)CNCC2. The number of hydrogen-bond acceptors (Lipinski definition) is 2. The lowest BCUT2D eigenvalue weighted by atomic mass is 9.92. The van der Waals surface area contributed by atoms with Gasteiger partial charge in [0, 0.05) is 30.7 Å². The van der Waals surface area contributed by atoms with E-state index in [0.29, 0.717) is 0 Å². The van der Waals surface area contributed by atoms with Gasteiger partial charge in [0.2, 0.25) is 0 Å². The Labute approximate surface area is 96.6 Å². The van der Waals surface area contributed by atoms with Crippen molar-refractivity contribution in [3.8, 4) is 0 Å². The van der Waals surface area contributed by atoms with Crippen LogP contribution in [0.15, 0.2) is 18.2 Å². The first-order valence-electron chi connectivity index (χ1n) is 6.43. The molecular weight excluding hydrogens is 196 g/mol. The minimum absolute atomic E-state index is 0.755. The van der Waals surface area contributed by atoms with Crippen LogP contribution in [-0.2, 0) is 13.0 Å². The predicted octanol–water partition coefficient (Wildman–Crippen LogP) is 1.93. The third-order valence-electron chi connectivity index (χ3n) is 4.47. The molecule has 0 bridgehead atoms. The van der Waals surface area contributed by atoms with Gasteiger partial charge in [-0.3, -0.25) is 0 Å². The molecule has 2 heterocycles. The van der Waals surface area contributed by atoms with E-state index in [1.54, 1.807) is 11.1 Å². The largest absolute Gasteiger partial charge is 0.370 e. The average Bonchev–Trinajstić information content (AvgIpc) is 3.07. The highest BCUT2D eigenvalue weighted by Crippen LogP contribution is 2.54. The van der Waals surface area contributed by atoms with Crippen molar-refractivity contribution in [3.63, 3.8) is 0 Å². The maximum atomic E-state index is 3.49. The van der Waals surface area contributed by atoms with Crippen LogP contribution in [0, 0.1) is 5.41 Å². The maximum absolute atomic E-state index is 3.49. The average molecular weight is 214 g/mol.